The minimum absolute atomic E-state index is 0.172. The normalized spacial score (nSPS) is 30.6. The van der Waals surface area contributed by atoms with Crippen LogP contribution in [0.4, 0.5) is 0 Å². The number of aryl methyl sites for hydroxylation is 1. The van der Waals surface area contributed by atoms with Crippen molar-refractivity contribution in [3.63, 3.8) is 0 Å². The second-order valence-electron chi connectivity index (χ2n) is 7.22. The molecule has 1 atom stereocenters. The molecule has 1 saturated heterocycles. The summed E-state index contributed by atoms with van der Waals surface area (Å²) >= 11 is 0. The van der Waals surface area contributed by atoms with Crippen molar-refractivity contribution in [2.24, 2.45) is 5.92 Å². The zero-order chi connectivity index (χ0) is 14.4. The van der Waals surface area contributed by atoms with Crippen LogP contribution in [-0.2, 0) is 13.1 Å². The van der Waals surface area contributed by atoms with Gasteiger partial charge < -0.3 is 5.32 Å². The predicted molar refractivity (Wildman–Crippen MR) is 79.3 cm³/mol. The van der Waals surface area contributed by atoms with E-state index < -0.39 is 0 Å². The van der Waals surface area contributed by atoms with Gasteiger partial charge in [-0.1, -0.05) is 0 Å². The van der Waals surface area contributed by atoms with Crippen molar-refractivity contribution < 1.29 is 0 Å². The van der Waals surface area contributed by atoms with E-state index in [4.69, 9.17) is 0 Å². The lowest BCUT2D eigenvalue weighted by Gasteiger charge is -2.51. The van der Waals surface area contributed by atoms with Crippen LogP contribution in [0.5, 0.6) is 0 Å². The van der Waals surface area contributed by atoms with Gasteiger partial charge in [0.2, 0.25) is 0 Å². The largest absolute Gasteiger partial charge is 0.309 e. The zero-order valence-corrected chi connectivity index (χ0v) is 13.2. The fourth-order valence-electron chi connectivity index (χ4n) is 3.43. The number of nitrogens with zero attached hydrogens (tertiary/aromatic N) is 4. The Labute approximate surface area is 121 Å². The van der Waals surface area contributed by atoms with Gasteiger partial charge in [-0.2, -0.15) is 5.10 Å². The monoisotopic (exact) mass is 277 g/mol. The molecule has 1 unspecified atom stereocenters. The van der Waals surface area contributed by atoms with Gasteiger partial charge in [0.15, 0.2) is 0 Å². The first-order valence-corrected chi connectivity index (χ1v) is 7.81. The van der Waals surface area contributed by atoms with Gasteiger partial charge in [0.25, 0.3) is 0 Å². The lowest BCUT2D eigenvalue weighted by atomic mass is 9.86. The minimum Gasteiger partial charge on any atom is -0.309 e. The first-order chi connectivity index (χ1) is 9.44. The molecule has 0 spiro atoms. The standard InChI is InChI=1S/C15H27N5/c1-5-20-13(16-11-18-20)8-19-10-14(2,3)17-9-15(19,4)12-6-7-12/h11-12,17H,5-10H2,1-4H3. The molecule has 2 aliphatic rings. The van der Waals surface area contributed by atoms with Crippen LogP contribution in [0.1, 0.15) is 46.4 Å². The molecule has 1 aliphatic carbocycles. The lowest BCUT2D eigenvalue weighted by Crippen LogP contribution is -2.67. The molecule has 5 nitrogen and oxygen atoms in total. The first kappa shape index (κ1) is 14.0. The molecule has 1 N–H and O–H groups in total. The van der Waals surface area contributed by atoms with E-state index in [9.17, 15) is 0 Å². The Balaban J connectivity index is 1.82. The summed E-state index contributed by atoms with van der Waals surface area (Å²) in [6.07, 6.45) is 4.42. The second-order valence-corrected chi connectivity index (χ2v) is 7.22. The summed E-state index contributed by atoms with van der Waals surface area (Å²) in [5.41, 5.74) is 0.436. The summed E-state index contributed by atoms with van der Waals surface area (Å²) in [7, 11) is 0. The van der Waals surface area contributed by atoms with Gasteiger partial charge in [0, 0.05) is 30.7 Å². The van der Waals surface area contributed by atoms with Gasteiger partial charge >= 0.3 is 0 Å². The maximum Gasteiger partial charge on any atom is 0.141 e. The summed E-state index contributed by atoms with van der Waals surface area (Å²) in [4.78, 5) is 7.10. The van der Waals surface area contributed by atoms with Gasteiger partial charge in [-0.05, 0) is 46.5 Å². The van der Waals surface area contributed by atoms with Crippen LogP contribution in [0, 0.1) is 5.92 Å². The molecule has 0 radical (unpaired) electrons. The van der Waals surface area contributed by atoms with Crippen molar-refractivity contribution in [2.75, 3.05) is 13.1 Å². The second kappa shape index (κ2) is 4.81. The fraction of sp³-hybridized carbons (Fsp3) is 0.867. The lowest BCUT2D eigenvalue weighted by molar-refractivity contribution is 0.00246. The molecule has 3 rings (SSSR count). The number of hydrogen-bond donors (Lipinski definition) is 1. The van der Waals surface area contributed by atoms with E-state index in [-0.39, 0.29) is 11.1 Å². The number of nitrogens with one attached hydrogen (secondary N) is 1. The molecule has 1 aliphatic heterocycles. The number of aromatic nitrogens is 3. The van der Waals surface area contributed by atoms with Gasteiger partial charge in [-0.3, -0.25) is 4.90 Å². The van der Waals surface area contributed by atoms with Crippen molar-refractivity contribution in [1.29, 1.82) is 0 Å². The van der Waals surface area contributed by atoms with E-state index >= 15 is 0 Å². The molecule has 0 bridgehead atoms. The molecule has 2 fully saturated rings. The van der Waals surface area contributed by atoms with Gasteiger partial charge in [-0.25, -0.2) is 9.67 Å². The van der Waals surface area contributed by atoms with Crippen LogP contribution in [0.15, 0.2) is 6.33 Å². The van der Waals surface area contributed by atoms with Crippen LogP contribution < -0.4 is 5.32 Å². The van der Waals surface area contributed by atoms with Crippen molar-refractivity contribution in [3.8, 4) is 0 Å². The average Bonchev–Trinajstić information content (AvgIpc) is 3.16. The third-order valence-corrected chi connectivity index (χ3v) is 5.02. The van der Waals surface area contributed by atoms with Gasteiger partial charge in [-0.15, -0.1) is 0 Å². The Kier molecular flexibility index (Phi) is 3.37. The smallest absolute Gasteiger partial charge is 0.141 e. The molecule has 1 aromatic rings. The van der Waals surface area contributed by atoms with Crippen LogP contribution in [0.3, 0.4) is 0 Å². The molecule has 5 heteroatoms. The van der Waals surface area contributed by atoms with Crippen molar-refractivity contribution >= 4 is 0 Å². The molecule has 0 aromatic carbocycles. The topological polar surface area (TPSA) is 46.0 Å². The van der Waals surface area contributed by atoms with Crippen LogP contribution in [0.25, 0.3) is 0 Å². The predicted octanol–water partition coefficient (Wildman–Crippen LogP) is 1.65. The maximum atomic E-state index is 4.46. The van der Waals surface area contributed by atoms with E-state index in [0.717, 1.165) is 37.9 Å². The fourth-order valence-corrected chi connectivity index (χ4v) is 3.43. The molecule has 2 heterocycles. The number of hydrogen-bond acceptors (Lipinski definition) is 4. The highest BCUT2D eigenvalue weighted by atomic mass is 15.4. The van der Waals surface area contributed by atoms with Crippen LogP contribution >= 0.6 is 0 Å². The average molecular weight is 277 g/mol. The van der Waals surface area contributed by atoms with E-state index in [1.807, 2.05) is 4.68 Å². The quantitative estimate of drug-likeness (QED) is 0.909. The van der Waals surface area contributed by atoms with Crippen molar-refractivity contribution in [3.05, 3.63) is 12.2 Å². The van der Waals surface area contributed by atoms with Crippen LogP contribution in [-0.4, -0.2) is 43.8 Å². The van der Waals surface area contributed by atoms with Crippen LogP contribution in [0.2, 0.25) is 0 Å². The van der Waals surface area contributed by atoms with Crippen molar-refractivity contribution in [2.45, 2.75) is 64.7 Å². The summed E-state index contributed by atoms with van der Waals surface area (Å²) in [6.45, 7) is 13.1. The van der Waals surface area contributed by atoms with E-state index in [2.05, 4.69) is 48.0 Å². The molecule has 1 saturated carbocycles. The summed E-state index contributed by atoms with van der Waals surface area (Å²) in [5.74, 6) is 1.93. The third kappa shape index (κ3) is 2.49. The Bertz CT molecular complexity index is 476. The summed E-state index contributed by atoms with van der Waals surface area (Å²) < 4.78 is 2.02. The van der Waals surface area contributed by atoms with Gasteiger partial charge in [0.05, 0.1) is 6.54 Å². The molecular formula is C15H27N5. The minimum atomic E-state index is 0.172. The third-order valence-electron chi connectivity index (χ3n) is 5.02. The Hall–Kier alpha value is -0.940. The molecule has 112 valence electrons. The molecular weight excluding hydrogens is 250 g/mol. The molecule has 20 heavy (non-hydrogen) atoms. The van der Waals surface area contributed by atoms with Crippen molar-refractivity contribution in [1.82, 2.24) is 25.0 Å². The maximum absolute atomic E-state index is 4.46. The molecule has 1 aromatic heterocycles. The zero-order valence-electron chi connectivity index (χ0n) is 13.2. The number of piperazine rings is 1. The van der Waals surface area contributed by atoms with E-state index in [0.29, 0.717) is 0 Å². The molecule has 0 amide bonds. The first-order valence-electron chi connectivity index (χ1n) is 7.81. The highest BCUT2D eigenvalue weighted by Crippen LogP contribution is 2.45. The Morgan fingerprint density at radius 2 is 2.10 bits per heavy atom. The Morgan fingerprint density at radius 1 is 1.35 bits per heavy atom. The SMILES string of the molecule is CCn1ncnc1CN1CC(C)(C)NCC1(C)C1CC1. The summed E-state index contributed by atoms with van der Waals surface area (Å²) in [6, 6.07) is 0. The summed E-state index contributed by atoms with van der Waals surface area (Å²) in [5, 5.41) is 8.03. The Morgan fingerprint density at radius 3 is 2.75 bits per heavy atom. The number of rotatable bonds is 4. The van der Waals surface area contributed by atoms with Gasteiger partial charge in [0.1, 0.15) is 12.2 Å². The van der Waals surface area contributed by atoms with E-state index in [1.54, 1.807) is 6.33 Å². The highest BCUT2D eigenvalue weighted by molar-refractivity contribution is 5.08. The highest BCUT2D eigenvalue weighted by Gasteiger charge is 2.49. The van der Waals surface area contributed by atoms with E-state index in [1.165, 1.54) is 12.8 Å².